The first-order chi connectivity index (χ1) is 7.02. The second kappa shape index (κ2) is 5.85. The van der Waals surface area contributed by atoms with Gasteiger partial charge in [-0.2, -0.15) is 0 Å². The van der Waals surface area contributed by atoms with Gasteiger partial charge in [0.1, 0.15) is 0 Å². The van der Waals surface area contributed by atoms with Crippen LogP contribution in [0.15, 0.2) is 0 Å². The summed E-state index contributed by atoms with van der Waals surface area (Å²) in [4.78, 5) is 0. The number of hydrogen-bond acceptors (Lipinski definition) is 3. The summed E-state index contributed by atoms with van der Waals surface area (Å²) in [5.41, 5.74) is 0. The second-order valence-electron chi connectivity index (χ2n) is 4.74. The highest BCUT2D eigenvalue weighted by atomic mass is 32.2. The molecule has 1 N–H and O–H groups in total. The van der Waals surface area contributed by atoms with Gasteiger partial charge in [0.05, 0.1) is 11.0 Å². The van der Waals surface area contributed by atoms with Gasteiger partial charge in [-0.3, -0.25) is 0 Å². The summed E-state index contributed by atoms with van der Waals surface area (Å²) in [6.07, 6.45) is 5.13. The van der Waals surface area contributed by atoms with E-state index in [0.717, 1.165) is 25.7 Å². The zero-order valence-corrected chi connectivity index (χ0v) is 10.6. The van der Waals surface area contributed by atoms with Crippen molar-refractivity contribution >= 4 is 9.84 Å². The van der Waals surface area contributed by atoms with Crippen LogP contribution < -0.4 is 5.32 Å². The Kier molecular flexibility index (Phi) is 5.06. The highest BCUT2D eigenvalue weighted by molar-refractivity contribution is 7.92. The molecule has 0 saturated heterocycles. The van der Waals surface area contributed by atoms with E-state index in [4.69, 9.17) is 0 Å². The SMILES string of the molecule is CC(C)NCCS(=O)(=O)C1CCCCC1. The van der Waals surface area contributed by atoms with E-state index in [-0.39, 0.29) is 5.25 Å². The van der Waals surface area contributed by atoms with Crippen molar-refractivity contribution in [1.82, 2.24) is 5.32 Å². The molecule has 0 heterocycles. The highest BCUT2D eigenvalue weighted by Crippen LogP contribution is 2.23. The average molecular weight is 233 g/mol. The summed E-state index contributed by atoms with van der Waals surface area (Å²) >= 11 is 0. The van der Waals surface area contributed by atoms with Gasteiger partial charge in [-0.1, -0.05) is 33.1 Å². The zero-order chi connectivity index (χ0) is 11.3. The quantitative estimate of drug-likeness (QED) is 0.786. The third kappa shape index (κ3) is 4.51. The molecule has 0 aromatic rings. The fourth-order valence-corrected chi connectivity index (χ4v) is 3.87. The largest absolute Gasteiger partial charge is 0.314 e. The molecule has 15 heavy (non-hydrogen) atoms. The fraction of sp³-hybridized carbons (Fsp3) is 1.00. The molecule has 1 aliphatic rings. The highest BCUT2D eigenvalue weighted by Gasteiger charge is 2.26. The van der Waals surface area contributed by atoms with Crippen LogP contribution in [-0.4, -0.2) is 32.0 Å². The van der Waals surface area contributed by atoms with Crippen LogP contribution in [0.3, 0.4) is 0 Å². The van der Waals surface area contributed by atoms with E-state index in [2.05, 4.69) is 5.32 Å². The Balaban J connectivity index is 2.36. The van der Waals surface area contributed by atoms with Gasteiger partial charge in [-0.05, 0) is 12.8 Å². The van der Waals surface area contributed by atoms with Crippen LogP contribution in [0.2, 0.25) is 0 Å². The molecule has 1 aliphatic carbocycles. The summed E-state index contributed by atoms with van der Waals surface area (Å²) in [5, 5.41) is 3.11. The third-order valence-electron chi connectivity index (χ3n) is 3.00. The maximum atomic E-state index is 11.9. The Morgan fingerprint density at radius 3 is 2.33 bits per heavy atom. The first-order valence-corrected chi connectivity index (χ1v) is 7.69. The van der Waals surface area contributed by atoms with Gasteiger partial charge in [0, 0.05) is 12.6 Å². The molecule has 0 amide bonds. The van der Waals surface area contributed by atoms with Crippen LogP contribution in [0.25, 0.3) is 0 Å². The summed E-state index contributed by atoms with van der Waals surface area (Å²) in [6.45, 7) is 4.66. The van der Waals surface area contributed by atoms with Crippen LogP contribution in [0, 0.1) is 0 Å². The predicted molar refractivity (Wildman–Crippen MR) is 63.8 cm³/mol. The number of nitrogens with one attached hydrogen (secondary N) is 1. The van der Waals surface area contributed by atoms with E-state index in [0.29, 0.717) is 18.3 Å². The Morgan fingerprint density at radius 1 is 1.20 bits per heavy atom. The minimum Gasteiger partial charge on any atom is -0.314 e. The molecule has 1 saturated carbocycles. The molecule has 3 nitrogen and oxygen atoms in total. The van der Waals surface area contributed by atoms with Crippen molar-refractivity contribution in [2.24, 2.45) is 0 Å². The van der Waals surface area contributed by atoms with E-state index < -0.39 is 9.84 Å². The zero-order valence-electron chi connectivity index (χ0n) is 9.83. The number of sulfone groups is 1. The maximum Gasteiger partial charge on any atom is 0.154 e. The Bertz CT molecular complexity index is 266. The maximum absolute atomic E-state index is 11.9. The average Bonchev–Trinajstić information content (AvgIpc) is 2.18. The summed E-state index contributed by atoms with van der Waals surface area (Å²) < 4.78 is 23.9. The molecule has 0 atom stereocenters. The smallest absolute Gasteiger partial charge is 0.154 e. The van der Waals surface area contributed by atoms with Crippen LogP contribution in [0.5, 0.6) is 0 Å². The van der Waals surface area contributed by atoms with E-state index >= 15 is 0 Å². The molecule has 0 radical (unpaired) electrons. The van der Waals surface area contributed by atoms with Gasteiger partial charge in [-0.15, -0.1) is 0 Å². The summed E-state index contributed by atoms with van der Waals surface area (Å²) in [7, 11) is -2.84. The minimum absolute atomic E-state index is 0.0554. The molecule has 0 aromatic carbocycles. The molecular formula is C11H23NO2S. The van der Waals surface area contributed by atoms with Gasteiger partial charge >= 0.3 is 0 Å². The lowest BCUT2D eigenvalue weighted by molar-refractivity contribution is 0.482. The van der Waals surface area contributed by atoms with Crippen molar-refractivity contribution in [3.8, 4) is 0 Å². The van der Waals surface area contributed by atoms with Crippen LogP contribution in [0.1, 0.15) is 46.0 Å². The topological polar surface area (TPSA) is 46.2 Å². The molecule has 0 bridgehead atoms. The van der Waals surface area contributed by atoms with E-state index in [1.807, 2.05) is 13.8 Å². The molecule has 90 valence electrons. The monoisotopic (exact) mass is 233 g/mol. The predicted octanol–water partition coefficient (Wildman–Crippen LogP) is 1.73. The molecule has 1 fully saturated rings. The van der Waals surface area contributed by atoms with Gasteiger partial charge < -0.3 is 5.32 Å². The number of rotatable bonds is 5. The first-order valence-electron chi connectivity index (χ1n) is 5.97. The van der Waals surface area contributed by atoms with Crippen molar-refractivity contribution < 1.29 is 8.42 Å². The van der Waals surface area contributed by atoms with Gasteiger partial charge in [0.25, 0.3) is 0 Å². The van der Waals surface area contributed by atoms with Crippen molar-refractivity contribution in [3.05, 3.63) is 0 Å². The lowest BCUT2D eigenvalue weighted by Gasteiger charge is -2.22. The van der Waals surface area contributed by atoms with Gasteiger partial charge in [0.2, 0.25) is 0 Å². The molecule has 0 aromatic heterocycles. The fourth-order valence-electron chi connectivity index (χ4n) is 2.08. The summed E-state index contributed by atoms with van der Waals surface area (Å²) in [6, 6.07) is 0.367. The Morgan fingerprint density at radius 2 is 1.80 bits per heavy atom. The molecule has 0 aliphatic heterocycles. The second-order valence-corrected chi connectivity index (χ2v) is 7.14. The van der Waals surface area contributed by atoms with Crippen molar-refractivity contribution in [3.63, 3.8) is 0 Å². The molecule has 4 heteroatoms. The van der Waals surface area contributed by atoms with Gasteiger partial charge in [-0.25, -0.2) is 8.42 Å². The Labute approximate surface area is 93.6 Å². The molecular weight excluding hydrogens is 210 g/mol. The first kappa shape index (κ1) is 13.0. The standard InChI is InChI=1S/C11H23NO2S/c1-10(2)12-8-9-15(13,14)11-6-4-3-5-7-11/h10-12H,3-9H2,1-2H3. The normalized spacial score (nSPS) is 19.7. The number of hydrogen-bond donors (Lipinski definition) is 1. The van der Waals surface area contributed by atoms with E-state index in [1.54, 1.807) is 0 Å². The van der Waals surface area contributed by atoms with Crippen molar-refractivity contribution in [2.45, 2.75) is 57.2 Å². The Hall–Kier alpha value is -0.0900. The van der Waals surface area contributed by atoms with Gasteiger partial charge in [0.15, 0.2) is 9.84 Å². The summed E-state index contributed by atoms with van der Waals surface area (Å²) in [5.74, 6) is 0.301. The molecule has 0 unspecified atom stereocenters. The van der Waals surface area contributed by atoms with E-state index in [9.17, 15) is 8.42 Å². The third-order valence-corrected chi connectivity index (χ3v) is 5.26. The minimum atomic E-state index is -2.84. The van der Waals surface area contributed by atoms with Crippen molar-refractivity contribution in [1.29, 1.82) is 0 Å². The van der Waals surface area contributed by atoms with Crippen LogP contribution in [0.4, 0.5) is 0 Å². The molecule has 0 spiro atoms. The molecule has 1 rings (SSSR count). The lowest BCUT2D eigenvalue weighted by atomic mass is 10.0. The van der Waals surface area contributed by atoms with Crippen LogP contribution >= 0.6 is 0 Å². The van der Waals surface area contributed by atoms with E-state index in [1.165, 1.54) is 6.42 Å². The van der Waals surface area contributed by atoms with Crippen LogP contribution in [-0.2, 0) is 9.84 Å². The van der Waals surface area contributed by atoms with Crippen molar-refractivity contribution in [2.75, 3.05) is 12.3 Å². The lowest BCUT2D eigenvalue weighted by Crippen LogP contribution is -2.33.